The molecule has 1 atom stereocenters. The Hall–Kier alpha value is -2.38. The van der Waals surface area contributed by atoms with Gasteiger partial charge in [-0.15, -0.1) is 0 Å². The lowest BCUT2D eigenvalue weighted by Crippen LogP contribution is -2.12. The summed E-state index contributed by atoms with van der Waals surface area (Å²) in [6, 6.07) is 13.7. The molecule has 1 aromatic heterocycles. The zero-order valence-electron chi connectivity index (χ0n) is 11.6. The Morgan fingerprint density at radius 2 is 2.05 bits per heavy atom. The summed E-state index contributed by atoms with van der Waals surface area (Å²) in [5, 5.41) is 11.8. The van der Waals surface area contributed by atoms with Crippen LogP contribution in [0.15, 0.2) is 42.6 Å². The molecular weight excluding hydrogens is 250 g/mol. The van der Waals surface area contributed by atoms with Crippen molar-refractivity contribution in [3.63, 3.8) is 0 Å². The molecule has 0 bridgehead atoms. The van der Waals surface area contributed by atoms with E-state index >= 15 is 0 Å². The van der Waals surface area contributed by atoms with Gasteiger partial charge in [0.2, 0.25) is 5.88 Å². The average molecular weight is 267 g/mol. The van der Waals surface area contributed by atoms with Gasteiger partial charge in [-0.2, -0.15) is 5.26 Å². The van der Waals surface area contributed by atoms with Gasteiger partial charge in [-0.05, 0) is 43.3 Å². The highest BCUT2D eigenvalue weighted by molar-refractivity contribution is 5.32. The molecule has 0 fully saturated rings. The normalized spacial score (nSPS) is 11.7. The van der Waals surface area contributed by atoms with E-state index in [1.165, 1.54) is 0 Å². The SMILES string of the molecule is CNC(C)c1ccnc(Oc2ccc(CC#N)cc2)c1. The third-order valence-electron chi connectivity index (χ3n) is 3.12. The summed E-state index contributed by atoms with van der Waals surface area (Å²) in [5.74, 6) is 1.28. The number of hydrogen-bond donors (Lipinski definition) is 1. The number of nitrogens with one attached hydrogen (secondary N) is 1. The number of hydrogen-bond acceptors (Lipinski definition) is 4. The van der Waals surface area contributed by atoms with Crippen LogP contribution in [0.4, 0.5) is 0 Å². The number of benzene rings is 1. The van der Waals surface area contributed by atoms with Crippen molar-refractivity contribution in [3.8, 4) is 17.7 Å². The standard InChI is InChI=1S/C16H17N3O/c1-12(18-2)14-8-10-19-16(11-14)20-15-5-3-13(4-6-15)7-9-17/h3-6,8,10-12,18H,7H2,1-2H3. The molecule has 102 valence electrons. The van der Waals surface area contributed by atoms with Gasteiger partial charge in [0.15, 0.2) is 0 Å². The fraction of sp³-hybridized carbons (Fsp3) is 0.250. The summed E-state index contributed by atoms with van der Waals surface area (Å²) in [6.07, 6.45) is 2.15. The Morgan fingerprint density at radius 1 is 1.30 bits per heavy atom. The molecule has 0 aliphatic heterocycles. The summed E-state index contributed by atoms with van der Waals surface area (Å²) in [5.41, 5.74) is 2.10. The van der Waals surface area contributed by atoms with Crippen molar-refractivity contribution in [3.05, 3.63) is 53.7 Å². The summed E-state index contributed by atoms with van der Waals surface area (Å²) in [7, 11) is 1.92. The van der Waals surface area contributed by atoms with Crippen molar-refractivity contribution >= 4 is 0 Å². The van der Waals surface area contributed by atoms with E-state index in [-0.39, 0.29) is 6.04 Å². The van der Waals surface area contributed by atoms with Crippen LogP contribution < -0.4 is 10.1 Å². The van der Waals surface area contributed by atoms with Crippen LogP contribution >= 0.6 is 0 Å². The van der Waals surface area contributed by atoms with Crippen LogP contribution in [0.2, 0.25) is 0 Å². The number of aromatic nitrogens is 1. The molecule has 0 aliphatic carbocycles. The molecule has 0 amide bonds. The quantitative estimate of drug-likeness (QED) is 0.903. The highest BCUT2D eigenvalue weighted by Gasteiger charge is 2.05. The Balaban J connectivity index is 2.11. The second-order valence-electron chi connectivity index (χ2n) is 4.52. The molecule has 0 spiro atoms. The maximum Gasteiger partial charge on any atom is 0.219 e. The van der Waals surface area contributed by atoms with Gasteiger partial charge in [0.1, 0.15) is 5.75 Å². The first kappa shape index (κ1) is 14.0. The van der Waals surface area contributed by atoms with E-state index in [4.69, 9.17) is 10.00 Å². The van der Waals surface area contributed by atoms with Crippen molar-refractivity contribution in [1.82, 2.24) is 10.3 Å². The Morgan fingerprint density at radius 3 is 2.70 bits per heavy atom. The van der Waals surface area contributed by atoms with Gasteiger partial charge in [-0.25, -0.2) is 4.98 Å². The molecule has 4 nitrogen and oxygen atoms in total. The lowest BCUT2D eigenvalue weighted by Gasteiger charge is -2.12. The average Bonchev–Trinajstić information content (AvgIpc) is 2.49. The van der Waals surface area contributed by atoms with Crippen LogP contribution in [0.3, 0.4) is 0 Å². The minimum atomic E-state index is 0.248. The second kappa shape index (κ2) is 6.69. The highest BCUT2D eigenvalue weighted by Crippen LogP contribution is 2.22. The van der Waals surface area contributed by atoms with Crippen molar-refractivity contribution in [2.24, 2.45) is 0 Å². The molecule has 20 heavy (non-hydrogen) atoms. The molecule has 1 unspecified atom stereocenters. The first-order valence-electron chi connectivity index (χ1n) is 6.50. The van der Waals surface area contributed by atoms with E-state index < -0.39 is 0 Å². The second-order valence-corrected chi connectivity index (χ2v) is 4.52. The highest BCUT2D eigenvalue weighted by atomic mass is 16.5. The van der Waals surface area contributed by atoms with Gasteiger partial charge in [0.05, 0.1) is 12.5 Å². The van der Waals surface area contributed by atoms with Crippen LogP contribution in [0.5, 0.6) is 11.6 Å². The minimum absolute atomic E-state index is 0.248. The summed E-state index contributed by atoms with van der Waals surface area (Å²) in [6.45, 7) is 2.08. The van der Waals surface area contributed by atoms with E-state index in [1.807, 2.05) is 43.4 Å². The lowest BCUT2D eigenvalue weighted by atomic mass is 10.1. The third kappa shape index (κ3) is 3.56. The maximum atomic E-state index is 8.63. The Labute approximate surface area is 119 Å². The van der Waals surface area contributed by atoms with E-state index in [2.05, 4.69) is 23.3 Å². The molecule has 1 N–H and O–H groups in total. The molecular formula is C16H17N3O. The smallest absolute Gasteiger partial charge is 0.219 e. The van der Waals surface area contributed by atoms with Crippen LogP contribution in [-0.4, -0.2) is 12.0 Å². The van der Waals surface area contributed by atoms with Crippen LogP contribution in [0.25, 0.3) is 0 Å². The first-order valence-corrected chi connectivity index (χ1v) is 6.50. The van der Waals surface area contributed by atoms with Crippen LogP contribution in [-0.2, 0) is 6.42 Å². The molecule has 0 aliphatic rings. The van der Waals surface area contributed by atoms with E-state index in [9.17, 15) is 0 Å². The van der Waals surface area contributed by atoms with Crippen molar-refractivity contribution in [2.75, 3.05) is 7.05 Å². The minimum Gasteiger partial charge on any atom is -0.439 e. The zero-order valence-corrected chi connectivity index (χ0v) is 11.6. The first-order chi connectivity index (χ1) is 9.72. The molecule has 4 heteroatoms. The van der Waals surface area contributed by atoms with Crippen LogP contribution in [0.1, 0.15) is 24.1 Å². The fourth-order valence-corrected chi connectivity index (χ4v) is 1.80. The zero-order chi connectivity index (χ0) is 14.4. The largest absolute Gasteiger partial charge is 0.439 e. The van der Waals surface area contributed by atoms with Crippen molar-refractivity contribution < 1.29 is 4.74 Å². The predicted octanol–water partition coefficient (Wildman–Crippen LogP) is 3.22. The number of nitriles is 1. The summed E-state index contributed by atoms with van der Waals surface area (Å²) in [4.78, 5) is 4.21. The molecule has 0 radical (unpaired) electrons. The molecule has 2 rings (SSSR count). The van der Waals surface area contributed by atoms with E-state index in [0.29, 0.717) is 18.1 Å². The van der Waals surface area contributed by atoms with Gasteiger partial charge >= 0.3 is 0 Å². The van der Waals surface area contributed by atoms with Gasteiger partial charge in [-0.3, -0.25) is 0 Å². The summed E-state index contributed by atoms with van der Waals surface area (Å²) >= 11 is 0. The van der Waals surface area contributed by atoms with Gasteiger partial charge in [0, 0.05) is 18.3 Å². The molecule has 2 aromatic rings. The van der Waals surface area contributed by atoms with Gasteiger partial charge in [0.25, 0.3) is 0 Å². The predicted molar refractivity (Wildman–Crippen MR) is 77.5 cm³/mol. The van der Waals surface area contributed by atoms with Gasteiger partial charge in [-0.1, -0.05) is 12.1 Å². The van der Waals surface area contributed by atoms with Crippen LogP contribution in [0, 0.1) is 11.3 Å². The monoisotopic (exact) mass is 267 g/mol. The maximum absolute atomic E-state index is 8.63. The molecule has 0 saturated carbocycles. The lowest BCUT2D eigenvalue weighted by molar-refractivity contribution is 0.460. The Bertz CT molecular complexity index is 602. The van der Waals surface area contributed by atoms with E-state index in [0.717, 1.165) is 11.1 Å². The van der Waals surface area contributed by atoms with Crippen molar-refractivity contribution in [1.29, 1.82) is 5.26 Å². The summed E-state index contributed by atoms with van der Waals surface area (Å²) < 4.78 is 5.73. The number of ether oxygens (including phenoxy) is 1. The molecule has 1 aromatic carbocycles. The van der Waals surface area contributed by atoms with E-state index in [1.54, 1.807) is 6.20 Å². The third-order valence-corrected chi connectivity index (χ3v) is 3.12. The fourth-order valence-electron chi connectivity index (χ4n) is 1.80. The topological polar surface area (TPSA) is 57.9 Å². The van der Waals surface area contributed by atoms with Crippen molar-refractivity contribution in [2.45, 2.75) is 19.4 Å². The number of pyridine rings is 1. The van der Waals surface area contributed by atoms with Gasteiger partial charge < -0.3 is 10.1 Å². The Kier molecular flexibility index (Phi) is 4.70. The molecule has 0 saturated heterocycles. The number of rotatable bonds is 5. The molecule has 1 heterocycles. The number of nitrogens with zero attached hydrogens (tertiary/aromatic N) is 2.